The maximum atomic E-state index is 12.4. The molecular weight excluding hydrogens is 480 g/mol. The molecule has 1 aromatic carbocycles. The van der Waals surface area contributed by atoms with Crippen LogP contribution in [0.2, 0.25) is 5.15 Å². The van der Waals surface area contributed by atoms with Gasteiger partial charge in [-0.3, -0.25) is 14.2 Å². The first-order valence-corrected chi connectivity index (χ1v) is 11.3. The predicted octanol–water partition coefficient (Wildman–Crippen LogP) is 2.49. The Balaban J connectivity index is 1.44. The van der Waals surface area contributed by atoms with Gasteiger partial charge >= 0.3 is 17.9 Å². The summed E-state index contributed by atoms with van der Waals surface area (Å²) in [6.07, 6.45) is 0.281. The van der Waals surface area contributed by atoms with E-state index in [-0.39, 0.29) is 17.7 Å². The van der Waals surface area contributed by atoms with Gasteiger partial charge in [-0.15, -0.1) is 0 Å². The summed E-state index contributed by atoms with van der Waals surface area (Å²) in [6.45, 7) is 2.55. The van der Waals surface area contributed by atoms with Gasteiger partial charge in [0.1, 0.15) is 17.4 Å². The first-order chi connectivity index (χ1) is 16.8. The van der Waals surface area contributed by atoms with Gasteiger partial charge in [-0.2, -0.15) is 0 Å². The van der Waals surface area contributed by atoms with E-state index in [4.69, 9.17) is 30.5 Å². The van der Waals surface area contributed by atoms with Crippen molar-refractivity contribution in [3.05, 3.63) is 53.7 Å². The van der Waals surface area contributed by atoms with Gasteiger partial charge in [-0.05, 0) is 18.6 Å². The molecule has 5 rings (SSSR count). The fourth-order valence-electron chi connectivity index (χ4n) is 4.52. The first kappa shape index (κ1) is 23.2. The Bertz CT molecular complexity index is 1300. The number of hydrogen-bond donors (Lipinski definition) is 0. The molecule has 1 saturated carbocycles. The number of carbonyl (C=O) groups is 3. The number of hydrogen-bond acceptors (Lipinski definition) is 10. The SMILES string of the molecule is CC(=O)OC1[C@H](OC(C)=O)C(n2cnc3c(Cl)ncnc32)O[C@@]12C[C@H]2COC(=O)c1ccccc1. The number of aromatic nitrogens is 4. The van der Waals surface area contributed by atoms with Gasteiger partial charge in [-0.25, -0.2) is 19.7 Å². The van der Waals surface area contributed by atoms with Gasteiger partial charge < -0.3 is 18.9 Å². The molecule has 0 bridgehead atoms. The smallest absolute Gasteiger partial charge is 0.338 e. The van der Waals surface area contributed by atoms with E-state index in [0.29, 0.717) is 23.1 Å². The summed E-state index contributed by atoms with van der Waals surface area (Å²) in [5.74, 6) is -1.92. The van der Waals surface area contributed by atoms with Crippen molar-refractivity contribution in [1.82, 2.24) is 19.5 Å². The zero-order chi connectivity index (χ0) is 24.7. The number of nitrogens with zero attached hydrogens (tertiary/aromatic N) is 4. The van der Waals surface area contributed by atoms with Crippen molar-refractivity contribution in [2.24, 2.45) is 5.92 Å². The van der Waals surface area contributed by atoms with Crippen LogP contribution in [0.4, 0.5) is 0 Å². The number of rotatable bonds is 6. The molecular formula is C23H21ClN4O7. The van der Waals surface area contributed by atoms with E-state index < -0.39 is 41.9 Å². The number of halogens is 1. The molecule has 2 aliphatic rings. The van der Waals surface area contributed by atoms with E-state index in [9.17, 15) is 14.4 Å². The Morgan fingerprint density at radius 1 is 1.11 bits per heavy atom. The van der Waals surface area contributed by atoms with E-state index in [1.54, 1.807) is 34.9 Å². The Morgan fingerprint density at radius 2 is 1.86 bits per heavy atom. The van der Waals surface area contributed by atoms with E-state index in [2.05, 4.69) is 15.0 Å². The second-order valence-corrected chi connectivity index (χ2v) is 8.78. The number of ether oxygens (including phenoxy) is 4. The highest BCUT2D eigenvalue weighted by molar-refractivity contribution is 6.33. The minimum Gasteiger partial charge on any atom is -0.462 e. The topological polar surface area (TPSA) is 132 Å². The molecule has 0 N–H and O–H groups in total. The van der Waals surface area contributed by atoms with Crippen LogP contribution in [-0.4, -0.2) is 61.8 Å². The number of benzene rings is 1. The molecule has 12 heteroatoms. The first-order valence-electron chi connectivity index (χ1n) is 10.9. The molecule has 0 radical (unpaired) electrons. The molecule has 0 amide bonds. The van der Waals surface area contributed by atoms with Crippen molar-refractivity contribution < 1.29 is 33.3 Å². The largest absolute Gasteiger partial charge is 0.462 e. The fraction of sp³-hybridized carbons (Fsp3) is 0.391. The molecule has 3 heterocycles. The quantitative estimate of drug-likeness (QED) is 0.282. The second-order valence-electron chi connectivity index (χ2n) is 8.42. The average molecular weight is 501 g/mol. The number of fused-ring (bicyclic) bond motifs is 1. The van der Waals surface area contributed by atoms with Crippen molar-refractivity contribution in [3.63, 3.8) is 0 Å². The van der Waals surface area contributed by atoms with Crippen LogP contribution in [0.3, 0.4) is 0 Å². The van der Waals surface area contributed by atoms with Crippen molar-refractivity contribution in [2.45, 2.75) is 44.3 Å². The van der Waals surface area contributed by atoms with E-state index in [1.165, 1.54) is 26.5 Å². The summed E-state index contributed by atoms with van der Waals surface area (Å²) in [5.41, 5.74) is 0.0936. The highest BCUT2D eigenvalue weighted by Gasteiger charge is 2.72. The zero-order valence-corrected chi connectivity index (χ0v) is 19.5. The maximum Gasteiger partial charge on any atom is 0.338 e. The van der Waals surface area contributed by atoms with Crippen molar-refractivity contribution >= 4 is 40.7 Å². The maximum absolute atomic E-state index is 12.4. The lowest BCUT2D eigenvalue weighted by molar-refractivity contribution is -0.166. The van der Waals surface area contributed by atoms with E-state index in [0.717, 1.165) is 0 Å². The fourth-order valence-corrected chi connectivity index (χ4v) is 4.70. The summed E-state index contributed by atoms with van der Waals surface area (Å²) in [4.78, 5) is 48.8. The Hall–Kier alpha value is -3.57. The van der Waals surface area contributed by atoms with Crippen LogP contribution in [0.25, 0.3) is 11.2 Å². The molecule has 5 atom stereocenters. The summed E-state index contributed by atoms with van der Waals surface area (Å²) >= 11 is 6.14. The van der Waals surface area contributed by atoms with Crippen LogP contribution in [0.5, 0.6) is 0 Å². The molecule has 3 aromatic rings. The van der Waals surface area contributed by atoms with Gasteiger partial charge in [0, 0.05) is 19.8 Å². The molecule has 35 heavy (non-hydrogen) atoms. The molecule has 1 aliphatic carbocycles. The molecule has 11 nitrogen and oxygen atoms in total. The molecule has 2 fully saturated rings. The van der Waals surface area contributed by atoms with Crippen LogP contribution in [-0.2, 0) is 28.5 Å². The molecule has 1 aliphatic heterocycles. The Kier molecular flexibility index (Phi) is 5.89. The highest BCUT2D eigenvalue weighted by atomic mass is 35.5. The van der Waals surface area contributed by atoms with Gasteiger partial charge in [0.2, 0.25) is 0 Å². The summed E-state index contributed by atoms with van der Waals surface area (Å²) in [7, 11) is 0. The molecule has 182 valence electrons. The van der Waals surface area contributed by atoms with Crippen LogP contribution in [0.1, 0.15) is 36.9 Å². The summed E-state index contributed by atoms with van der Waals surface area (Å²) < 4.78 is 24.7. The molecule has 2 aromatic heterocycles. The van der Waals surface area contributed by atoms with E-state index in [1.807, 2.05) is 0 Å². The minimum atomic E-state index is -1.03. The lowest BCUT2D eigenvalue weighted by Gasteiger charge is -2.24. The number of imidazole rings is 1. The summed E-state index contributed by atoms with van der Waals surface area (Å²) in [5, 5.41) is 0.152. The number of esters is 3. The van der Waals surface area contributed by atoms with Crippen LogP contribution < -0.4 is 0 Å². The average Bonchev–Trinajstić information content (AvgIpc) is 3.22. The standard InChI is InChI=1S/C23H21ClN4O7/c1-12(29)33-17-18(34-13(2)30)23(8-15(23)9-32-22(31)14-6-4-3-5-7-14)35-21(17)28-11-27-16-19(24)25-10-26-20(16)28/h3-7,10-11,15,17-18,21H,8-9H2,1-2H3/t15-,17-,18?,21?,23+/m0/s1. The van der Waals surface area contributed by atoms with Gasteiger partial charge in [0.15, 0.2) is 29.2 Å². The Morgan fingerprint density at radius 3 is 2.57 bits per heavy atom. The van der Waals surface area contributed by atoms with Crippen LogP contribution >= 0.6 is 11.6 Å². The van der Waals surface area contributed by atoms with Gasteiger partial charge in [0.05, 0.1) is 18.5 Å². The van der Waals surface area contributed by atoms with Crippen LogP contribution in [0.15, 0.2) is 43.0 Å². The van der Waals surface area contributed by atoms with Crippen molar-refractivity contribution in [1.29, 1.82) is 0 Å². The lowest BCUT2D eigenvalue weighted by atomic mass is 10.1. The molecule has 2 unspecified atom stereocenters. The lowest BCUT2D eigenvalue weighted by Crippen LogP contribution is -2.41. The van der Waals surface area contributed by atoms with Crippen molar-refractivity contribution in [2.75, 3.05) is 6.61 Å². The molecule has 1 spiro atoms. The normalized spacial score (nSPS) is 27.1. The van der Waals surface area contributed by atoms with Crippen molar-refractivity contribution in [3.8, 4) is 0 Å². The predicted molar refractivity (Wildman–Crippen MR) is 119 cm³/mol. The van der Waals surface area contributed by atoms with Gasteiger partial charge in [0.25, 0.3) is 0 Å². The van der Waals surface area contributed by atoms with E-state index >= 15 is 0 Å². The van der Waals surface area contributed by atoms with Gasteiger partial charge in [-0.1, -0.05) is 29.8 Å². The highest BCUT2D eigenvalue weighted by Crippen LogP contribution is 2.59. The number of carbonyl (C=O) groups excluding carboxylic acids is 3. The summed E-state index contributed by atoms with van der Waals surface area (Å²) in [6, 6.07) is 8.60. The monoisotopic (exact) mass is 500 g/mol. The third-order valence-electron chi connectivity index (χ3n) is 6.11. The van der Waals surface area contributed by atoms with Crippen LogP contribution in [0, 0.1) is 5.92 Å². The second kappa shape index (κ2) is 8.90. The minimum absolute atomic E-state index is 0.0314. The zero-order valence-electron chi connectivity index (χ0n) is 18.8. The molecule has 1 saturated heterocycles. The Labute approximate surface area is 204 Å². The third-order valence-corrected chi connectivity index (χ3v) is 6.38. The third kappa shape index (κ3) is 4.21.